The van der Waals surface area contributed by atoms with Crippen LogP contribution in [0.3, 0.4) is 0 Å². The molecule has 3 nitrogen and oxygen atoms in total. The molecule has 19 heavy (non-hydrogen) atoms. The molecule has 0 saturated carbocycles. The Kier molecular flexibility index (Phi) is 4.59. The Balaban J connectivity index is 2.22. The molecule has 0 aliphatic rings. The summed E-state index contributed by atoms with van der Waals surface area (Å²) in [6.07, 6.45) is 4.30. The maximum absolute atomic E-state index is 4.52. The second kappa shape index (κ2) is 6.20. The van der Waals surface area contributed by atoms with Gasteiger partial charge in [0.15, 0.2) is 0 Å². The number of aromatic nitrogens is 2. The van der Waals surface area contributed by atoms with Crippen LogP contribution in [0.25, 0.3) is 11.0 Å². The van der Waals surface area contributed by atoms with Gasteiger partial charge in [-0.2, -0.15) is 0 Å². The molecule has 104 valence electrons. The number of rotatable bonds is 6. The fraction of sp³-hybridized carbons (Fsp3) is 0.562. The Morgan fingerprint density at radius 3 is 2.63 bits per heavy atom. The minimum absolute atomic E-state index is 0.527. The maximum atomic E-state index is 4.52. The number of benzene rings is 1. The van der Waals surface area contributed by atoms with Crippen molar-refractivity contribution in [3.8, 4) is 0 Å². The van der Waals surface area contributed by atoms with Crippen LogP contribution < -0.4 is 5.32 Å². The third-order valence-corrected chi connectivity index (χ3v) is 3.83. The van der Waals surface area contributed by atoms with Crippen LogP contribution in [0.1, 0.15) is 37.8 Å². The van der Waals surface area contributed by atoms with E-state index in [-0.39, 0.29) is 0 Å². The van der Waals surface area contributed by atoms with E-state index < -0.39 is 0 Å². The molecule has 0 aliphatic heterocycles. The fourth-order valence-corrected chi connectivity index (χ4v) is 2.38. The molecule has 0 radical (unpaired) electrons. The van der Waals surface area contributed by atoms with Gasteiger partial charge in [0, 0.05) is 12.6 Å². The summed E-state index contributed by atoms with van der Waals surface area (Å²) in [7, 11) is 0. The predicted molar refractivity (Wildman–Crippen MR) is 81.6 cm³/mol. The molecule has 3 heteroatoms. The second-order valence-corrected chi connectivity index (χ2v) is 5.38. The first-order valence-electron chi connectivity index (χ1n) is 7.31. The first kappa shape index (κ1) is 14.1. The Hall–Kier alpha value is -1.35. The standard InChI is InChI=1S/C16H25N3/c1-5-7-17-14(6-2)10-19-11-18-15-8-12(3)13(4)9-16(15)19/h8-9,11,14,17H,5-7,10H2,1-4H3. The van der Waals surface area contributed by atoms with Crippen LogP contribution in [0.2, 0.25) is 0 Å². The first-order chi connectivity index (χ1) is 9.15. The molecule has 1 aromatic carbocycles. The van der Waals surface area contributed by atoms with Gasteiger partial charge in [-0.15, -0.1) is 0 Å². The summed E-state index contributed by atoms with van der Waals surface area (Å²) in [6, 6.07) is 4.96. The average molecular weight is 259 g/mol. The lowest BCUT2D eigenvalue weighted by Gasteiger charge is -2.17. The summed E-state index contributed by atoms with van der Waals surface area (Å²) >= 11 is 0. The lowest BCUT2D eigenvalue weighted by atomic mass is 10.1. The topological polar surface area (TPSA) is 29.9 Å². The second-order valence-electron chi connectivity index (χ2n) is 5.38. The summed E-state index contributed by atoms with van der Waals surface area (Å²) in [5, 5.41) is 3.60. The van der Waals surface area contributed by atoms with Crippen LogP contribution in [0, 0.1) is 13.8 Å². The maximum Gasteiger partial charge on any atom is 0.0958 e. The highest BCUT2D eigenvalue weighted by Crippen LogP contribution is 2.18. The largest absolute Gasteiger partial charge is 0.329 e. The summed E-state index contributed by atoms with van der Waals surface area (Å²) in [5.74, 6) is 0. The van der Waals surface area contributed by atoms with Crippen LogP contribution >= 0.6 is 0 Å². The SMILES string of the molecule is CCCNC(CC)Cn1cnc2cc(C)c(C)cc21. The van der Waals surface area contributed by atoms with Crippen molar-refractivity contribution in [2.24, 2.45) is 0 Å². The van der Waals surface area contributed by atoms with Crippen molar-refractivity contribution in [1.29, 1.82) is 0 Å². The highest BCUT2D eigenvalue weighted by atomic mass is 15.1. The normalized spacial score (nSPS) is 13.1. The van der Waals surface area contributed by atoms with Gasteiger partial charge in [0.25, 0.3) is 0 Å². The molecule has 0 amide bonds. The van der Waals surface area contributed by atoms with Gasteiger partial charge in [0.1, 0.15) is 0 Å². The zero-order valence-corrected chi connectivity index (χ0v) is 12.5. The predicted octanol–water partition coefficient (Wildman–Crippen LogP) is 3.43. The molecule has 1 heterocycles. The van der Waals surface area contributed by atoms with Crippen molar-refractivity contribution in [1.82, 2.24) is 14.9 Å². The first-order valence-corrected chi connectivity index (χ1v) is 7.31. The number of imidazole rings is 1. The molecule has 0 bridgehead atoms. The molecule has 2 aromatic rings. The summed E-state index contributed by atoms with van der Waals surface area (Å²) < 4.78 is 2.28. The van der Waals surface area contributed by atoms with E-state index in [1.54, 1.807) is 0 Å². The number of fused-ring (bicyclic) bond motifs is 1. The quantitative estimate of drug-likeness (QED) is 0.861. The van der Waals surface area contributed by atoms with E-state index in [1.165, 1.54) is 23.1 Å². The van der Waals surface area contributed by atoms with Gasteiger partial charge in [0.2, 0.25) is 0 Å². The molecule has 0 saturated heterocycles. The highest BCUT2D eigenvalue weighted by Gasteiger charge is 2.10. The Labute approximate surface area is 116 Å². The van der Waals surface area contributed by atoms with Crippen molar-refractivity contribution < 1.29 is 0 Å². The molecule has 0 aliphatic carbocycles. The molecule has 1 aromatic heterocycles. The summed E-state index contributed by atoms with van der Waals surface area (Å²) in [4.78, 5) is 4.52. The van der Waals surface area contributed by atoms with Gasteiger partial charge in [-0.05, 0) is 56.5 Å². The number of aryl methyl sites for hydroxylation is 2. The highest BCUT2D eigenvalue weighted by molar-refractivity contribution is 5.77. The van der Waals surface area contributed by atoms with E-state index in [1.807, 2.05) is 6.33 Å². The van der Waals surface area contributed by atoms with Crippen LogP contribution in [-0.4, -0.2) is 22.1 Å². The zero-order valence-electron chi connectivity index (χ0n) is 12.5. The van der Waals surface area contributed by atoms with Gasteiger partial charge in [-0.25, -0.2) is 4.98 Å². The van der Waals surface area contributed by atoms with Gasteiger partial charge in [-0.1, -0.05) is 13.8 Å². The van der Waals surface area contributed by atoms with Gasteiger partial charge >= 0.3 is 0 Å². The van der Waals surface area contributed by atoms with Crippen LogP contribution in [-0.2, 0) is 6.54 Å². The van der Waals surface area contributed by atoms with E-state index in [0.29, 0.717) is 6.04 Å². The molecule has 1 unspecified atom stereocenters. The van der Waals surface area contributed by atoms with E-state index in [0.717, 1.165) is 25.0 Å². The van der Waals surface area contributed by atoms with Crippen molar-refractivity contribution in [3.63, 3.8) is 0 Å². The molecule has 1 N–H and O–H groups in total. The third-order valence-electron chi connectivity index (χ3n) is 3.83. The van der Waals surface area contributed by atoms with Crippen molar-refractivity contribution in [3.05, 3.63) is 29.6 Å². The van der Waals surface area contributed by atoms with Gasteiger partial charge in [-0.3, -0.25) is 0 Å². The minimum atomic E-state index is 0.527. The average Bonchev–Trinajstić information content (AvgIpc) is 2.77. The Morgan fingerprint density at radius 1 is 1.21 bits per heavy atom. The fourth-order valence-electron chi connectivity index (χ4n) is 2.38. The van der Waals surface area contributed by atoms with Gasteiger partial charge < -0.3 is 9.88 Å². The Bertz CT molecular complexity index is 542. The molecule has 2 rings (SSSR count). The smallest absolute Gasteiger partial charge is 0.0958 e. The lowest BCUT2D eigenvalue weighted by molar-refractivity contribution is 0.442. The van der Waals surface area contributed by atoms with E-state index >= 15 is 0 Å². The van der Waals surface area contributed by atoms with E-state index in [4.69, 9.17) is 0 Å². The molecule has 0 spiro atoms. The zero-order chi connectivity index (χ0) is 13.8. The third kappa shape index (κ3) is 3.16. The summed E-state index contributed by atoms with van der Waals surface area (Å²) in [6.45, 7) is 10.8. The summed E-state index contributed by atoms with van der Waals surface area (Å²) in [5.41, 5.74) is 5.01. The molecular formula is C16H25N3. The molecule has 1 atom stereocenters. The van der Waals surface area contributed by atoms with Crippen molar-refractivity contribution in [2.45, 2.75) is 53.1 Å². The van der Waals surface area contributed by atoms with Crippen molar-refractivity contribution in [2.75, 3.05) is 6.54 Å². The minimum Gasteiger partial charge on any atom is -0.329 e. The van der Waals surface area contributed by atoms with Crippen LogP contribution in [0.15, 0.2) is 18.5 Å². The van der Waals surface area contributed by atoms with Crippen LogP contribution in [0.5, 0.6) is 0 Å². The number of nitrogens with zero attached hydrogens (tertiary/aromatic N) is 2. The number of nitrogens with one attached hydrogen (secondary N) is 1. The van der Waals surface area contributed by atoms with Crippen LogP contribution in [0.4, 0.5) is 0 Å². The lowest BCUT2D eigenvalue weighted by Crippen LogP contribution is -2.33. The Morgan fingerprint density at radius 2 is 1.95 bits per heavy atom. The molecule has 0 fully saturated rings. The van der Waals surface area contributed by atoms with E-state index in [2.05, 4.69) is 54.7 Å². The number of hydrogen-bond donors (Lipinski definition) is 1. The number of hydrogen-bond acceptors (Lipinski definition) is 2. The van der Waals surface area contributed by atoms with Crippen molar-refractivity contribution >= 4 is 11.0 Å². The monoisotopic (exact) mass is 259 g/mol. The molecular weight excluding hydrogens is 234 g/mol. The van der Waals surface area contributed by atoms with Gasteiger partial charge in [0.05, 0.1) is 17.4 Å². The van der Waals surface area contributed by atoms with E-state index in [9.17, 15) is 0 Å².